The predicted octanol–water partition coefficient (Wildman–Crippen LogP) is 2.56. The zero-order valence-electron chi connectivity index (χ0n) is 17.2. The van der Waals surface area contributed by atoms with Gasteiger partial charge >= 0.3 is 0 Å². The van der Waals surface area contributed by atoms with Crippen molar-refractivity contribution in [2.75, 3.05) is 5.32 Å². The van der Waals surface area contributed by atoms with Gasteiger partial charge in [0.2, 0.25) is 17.7 Å². The van der Waals surface area contributed by atoms with Crippen molar-refractivity contribution >= 4 is 23.4 Å². The third-order valence-corrected chi connectivity index (χ3v) is 6.66. The number of anilines is 1. The van der Waals surface area contributed by atoms with E-state index in [2.05, 4.69) is 24.5 Å². The molecule has 6 heteroatoms. The number of hydrogen-bond donors (Lipinski definition) is 2. The molecule has 3 aliphatic heterocycles. The summed E-state index contributed by atoms with van der Waals surface area (Å²) in [7, 11) is 0. The molecule has 1 aromatic rings. The van der Waals surface area contributed by atoms with E-state index in [1.165, 1.54) is 4.90 Å². The van der Waals surface area contributed by atoms with Gasteiger partial charge in [-0.1, -0.05) is 38.5 Å². The van der Waals surface area contributed by atoms with Crippen molar-refractivity contribution in [3.63, 3.8) is 0 Å². The lowest BCUT2D eigenvalue weighted by atomic mass is 9.76. The maximum Gasteiger partial charge on any atom is 0.250 e. The second-order valence-electron chi connectivity index (χ2n) is 9.00. The number of amides is 3. The lowest BCUT2D eigenvalue weighted by molar-refractivity contribution is -0.145. The van der Waals surface area contributed by atoms with Crippen LogP contribution in [0.25, 0.3) is 0 Å². The number of hydrogen-bond acceptors (Lipinski definition) is 4. The largest absolute Gasteiger partial charge is 0.324 e. The van der Waals surface area contributed by atoms with E-state index in [0.29, 0.717) is 12.3 Å². The van der Waals surface area contributed by atoms with E-state index in [9.17, 15) is 14.4 Å². The van der Waals surface area contributed by atoms with Crippen LogP contribution in [0.2, 0.25) is 0 Å². The molecule has 150 valence electrons. The quantitative estimate of drug-likeness (QED) is 0.784. The highest BCUT2D eigenvalue weighted by atomic mass is 16.2. The number of fused-ring (bicyclic) bond motifs is 4. The molecule has 5 unspecified atom stereocenters. The van der Waals surface area contributed by atoms with Crippen LogP contribution in [0.1, 0.15) is 51.7 Å². The summed E-state index contributed by atoms with van der Waals surface area (Å²) in [5, 5.41) is 6.44. The van der Waals surface area contributed by atoms with Crippen LogP contribution in [0.15, 0.2) is 18.2 Å². The van der Waals surface area contributed by atoms with Crippen molar-refractivity contribution in [3.05, 3.63) is 29.3 Å². The normalized spacial score (nSPS) is 32.3. The number of nitrogens with one attached hydrogen (secondary N) is 2. The van der Waals surface area contributed by atoms with E-state index in [0.717, 1.165) is 23.2 Å². The van der Waals surface area contributed by atoms with Crippen LogP contribution in [-0.4, -0.2) is 34.7 Å². The zero-order valence-corrected chi connectivity index (χ0v) is 17.2. The van der Waals surface area contributed by atoms with Crippen LogP contribution in [0.3, 0.4) is 0 Å². The van der Waals surface area contributed by atoms with Crippen LogP contribution >= 0.6 is 0 Å². The number of imide groups is 1. The summed E-state index contributed by atoms with van der Waals surface area (Å²) in [5.41, 5.74) is 1.39. The fraction of sp³-hybridized carbons (Fsp3) is 0.591. The molecular formula is C22H29N3O3. The molecule has 0 saturated carbocycles. The molecule has 1 spiro atoms. The van der Waals surface area contributed by atoms with Gasteiger partial charge in [0.15, 0.2) is 0 Å². The minimum Gasteiger partial charge on any atom is -0.324 e. The van der Waals surface area contributed by atoms with E-state index >= 15 is 0 Å². The Morgan fingerprint density at radius 3 is 2.50 bits per heavy atom. The van der Waals surface area contributed by atoms with Gasteiger partial charge in [-0.15, -0.1) is 0 Å². The summed E-state index contributed by atoms with van der Waals surface area (Å²) in [6.45, 7) is 10.0. The third kappa shape index (κ3) is 2.40. The second-order valence-corrected chi connectivity index (χ2v) is 9.00. The Kier molecular flexibility index (Phi) is 4.38. The fourth-order valence-corrected chi connectivity index (χ4v) is 5.27. The molecule has 4 rings (SSSR count). The topological polar surface area (TPSA) is 78.5 Å². The lowest BCUT2D eigenvalue weighted by Crippen LogP contribution is -2.54. The van der Waals surface area contributed by atoms with Gasteiger partial charge in [-0.2, -0.15) is 0 Å². The maximum absolute atomic E-state index is 13.5. The molecule has 6 nitrogen and oxygen atoms in total. The summed E-state index contributed by atoms with van der Waals surface area (Å²) >= 11 is 0. The number of benzene rings is 1. The highest BCUT2D eigenvalue weighted by molar-refractivity contribution is 6.15. The first-order valence-corrected chi connectivity index (χ1v) is 10.3. The average Bonchev–Trinajstić information content (AvgIpc) is 3.20. The smallest absolute Gasteiger partial charge is 0.250 e. The Morgan fingerprint density at radius 1 is 1.14 bits per heavy atom. The van der Waals surface area contributed by atoms with Gasteiger partial charge in [-0.05, 0) is 38.7 Å². The summed E-state index contributed by atoms with van der Waals surface area (Å²) in [5.74, 6) is -1.42. The first-order valence-electron chi connectivity index (χ1n) is 10.3. The SMILES string of the molecule is CCC(C)N1C(=O)C2C(CC(C)C)NC3(C(=O)Nc4ccc(C)cc43)C2C1=O. The minimum atomic E-state index is -1.17. The molecular weight excluding hydrogens is 354 g/mol. The molecule has 0 aromatic heterocycles. The van der Waals surface area contributed by atoms with Crippen molar-refractivity contribution in [2.45, 2.75) is 65.1 Å². The maximum atomic E-state index is 13.5. The van der Waals surface area contributed by atoms with Crippen LogP contribution in [0.4, 0.5) is 5.69 Å². The second kappa shape index (κ2) is 6.41. The molecule has 5 atom stereocenters. The van der Waals surface area contributed by atoms with E-state index in [1.807, 2.05) is 39.0 Å². The van der Waals surface area contributed by atoms with Crippen molar-refractivity contribution in [1.82, 2.24) is 10.2 Å². The first-order chi connectivity index (χ1) is 13.2. The van der Waals surface area contributed by atoms with Gasteiger partial charge in [-0.3, -0.25) is 24.6 Å². The summed E-state index contributed by atoms with van der Waals surface area (Å²) in [6.07, 6.45) is 1.44. The molecule has 0 aliphatic carbocycles. The molecule has 1 aromatic carbocycles. The molecule has 2 N–H and O–H groups in total. The number of rotatable bonds is 4. The van der Waals surface area contributed by atoms with Gasteiger partial charge in [0, 0.05) is 23.3 Å². The monoisotopic (exact) mass is 383 g/mol. The number of nitrogens with zero attached hydrogens (tertiary/aromatic N) is 1. The summed E-state index contributed by atoms with van der Waals surface area (Å²) < 4.78 is 0. The van der Waals surface area contributed by atoms with Gasteiger partial charge in [0.05, 0.1) is 11.8 Å². The van der Waals surface area contributed by atoms with Crippen molar-refractivity contribution in [2.24, 2.45) is 17.8 Å². The highest BCUT2D eigenvalue weighted by Crippen LogP contribution is 2.54. The third-order valence-electron chi connectivity index (χ3n) is 6.66. The van der Waals surface area contributed by atoms with Gasteiger partial charge in [0.25, 0.3) is 0 Å². The molecule has 2 fully saturated rings. The van der Waals surface area contributed by atoms with E-state index < -0.39 is 17.4 Å². The van der Waals surface area contributed by atoms with Crippen LogP contribution in [-0.2, 0) is 19.9 Å². The number of aryl methyl sites for hydroxylation is 1. The molecule has 3 aliphatic rings. The van der Waals surface area contributed by atoms with Crippen LogP contribution < -0.4 is 10.6 Å². The highest BCUT2D eigenvalue weighted by Gasteiger charge is 2.70. The molecule has 0 bridgehead atoms. The predicted molar refractivity (Wildman–Crippen MR) is 106 cm³/mol. The van der Waals surface area contributed by atoms with Crippen molar-refractivity contribution < 1.29 is 14.4 Å². The number of likely N-dealkylation sites (tertiary alicyclic amines) is 1. The molecule has 0 radical (unpaired) electrons. The van der Waals surface area contributed by atoms with E-state index in [4.69, 9.17) is 0 Å². The summed E-state index contributed by atoms with van der Waals surface area (Å²) in [6, 6.07) is 5.44. The summed E-state index contributed by atoms with van der Waals surface area (Å²) in [4.78, 5) is 41.6. The number of carbonyl (C=O) groups excluding carboxylic acids is 3. The average molecular weight is 383 g/mol. The van der Waals surface area contributed by atoms with E-state index in [-0.39, 0.29) is 29.8 Å². The minimum absolute atomic E-state index is 0.131. The zero-order chi connectivity index (χ0) is 20.4. The number of carbonyl (C=O) groups is 3. The molecule has 3 amide bonds. The first kappa shape index (κ1) is 19.1. The van der Waals surface area contributed by atoms with Gasteiger partial charge < -0.3 is 5.32 Å². The fourth-order valence-electron chi connectivity index (χ4n) is 5.27. The Hall–Kier alpha value is -2.21. The van der Waals surface area contributed by atoms with E-state index in [1.54, 1.807) is 0 Å². The molecule has 28 heavy (non-hydrogen) atoms. The molecule has 2 saturated heterocycles. The lowest BCUT2D eigenvalue weighted by Gasteiger charge is -2.31. The Labute approximate surface area is 166 Å². The Bertz CT molecular complexity index is 865. The Morgan fingerprint density at radius 2 is 1.86 bits per heavy atom. The van der Waals surface area contributed by atoms with Crippen LogP contribution in [0.5, 0.6) is 0 Å². The van der Waals surface area contributed by atoms with Gasteiger partial charge in [0.1, 0.15) is 5.54 Å². The van der Waals surface area contributed by atoms with Crippen molar-refractivity contribution in [3.8, 4) is 0 Å². The van der Waals surface area contributed by atoms with Gasteiger partial charge in [-0.25, -0.2) is 0 Å². The van der Waals surface area contributed by atoms with Crippen LogP contribution in [0, 0.1) is 24.7 Å². The standard InChI is InChI=1S/C22H29N3O3/c1-6-13(5)25-19(26)17-16(9-11(2)3)24-22(18(17)20(25)27)14-10-12(4)7-8-15(14)23-21(22)28/h7-8,10-11,13,16-18,24H,6,9H2,1-5H3,(H,23,28). The molecule has 3 heterocycles. The van der Waals surface area contributed by atoms with Crippen molar-refractivity contribution in [1.29, 1.82) is 0 Å². The Balaban J connectivity index is 1.89.